The van der Waals surface area contributed by atoms with Crippen molar-refractivity contribution in [3.63, 3.8) is 0 Å². The lowest BCUT2D eigenvalue weighted by Crippen LogP contribution is -2.31. The van der Waals surface area contributed by atoms with E-state index in [-0.39, 0.29) is 5.82 Å². The first-order valence-electron chi connectivity index (χ1n) is 8.46. The van der Waals surface area contributed by atoms with Crippen molar-refractivity contribution in [1.82, 2.24) is 0 Å². The van der Waals surface area contributed by atoms with E-state index in [2.05, 4.69) is 18.4 Å². The Morgan fingerprint density at radius 1 is 1.00 bits per heavy atom. The van der Waals surface area contributed by atoms with Gasteiger partial charge in [-0.25, -0.2) is 4.39 Å². The number of halogens is 1. The van der Waals surface area contributed by atoms with E-state index in [4.69, 9.17) is 9.47 Å². The third-order valence-corrected chi connectivity index (χ3v) is 4.14. The molecule has 2 aromatic carbocycles. The first kappa shape index (κ1) is 17.4. The van der Waals surface area contributed by atoms with Crippen LogP contribution in [0.2, 0.25) is 0 Å². The molecule has 0 saturated carbocycles. The molecular weight excluding hydrogens is 315 g/mol. The second-order valence-electron chi connectivity index (χ2n) is 6.08. The largest absolute Gasteiger partial charge is 0.342 e. The molecule has 0 aliphatic carbocycles. The molecule has 1 heterocycles. The molecule has 0 radical (unpaired) electrons. The van der Waals surface area contributed by atoms with Gasteiger partial charge >= 0.3 is 0 Å². The van der Waals surface area contributed by atoms with Gasteiger partial charge in [0.25, 0.3) is 0 Å². The number of ether oxygens (including phenoxy) is 2. The number of benzene rings is 2. The fourth-order valence-corrected chi connectivity index (χ4v) is 2.68. The Labute approximate surface area is 148 Å². The first-order chi connectivity index (χ1) is 12.2. The van der Waals surface area contributed by atoms with E-state index in [9.17, 15) is 4.39 Å². The minimum Gasteiger partial charge on any atom is -0.342 e. The van der Waals surface area contributed by atoms with E-state index >= 15 is 0 Å². The van der Waals surface area contributed by atoms with E-state index in [1.807, 2.05) is 30.3 Å². The Morgan fingerprint density at radius 3 is 2.20 bits per heavy atom. The van der Waals surface area contributed by atoms with Gasteiger partial charge in [-0.2, -0.15) is 0 Å². The predicted octanol–water partition coefficient (Wildman–Crippen LogP) is 4.80. The molecule has 1 aliphatic rings. The third kappa shape index (κ3) is 5.03. The Balaban J connectivity index is 1.57. The molecule has 0 unspecified atom stereocenters. The first-order valence-corrected chi connectivity index (χ1v) is 8.46. The highest BCUT2D eigenvalue weighted by Crippen LogP contribution is 2.20. The average Bonchev–Trinajstić information content (AvgIpc) is 2.67. The molecule has 0 bridgehead atoms. The number of hydrogen-bond acceptors (Lipinski definition) is 2. The van der Waals surface area contributed by atoms with Gasteiger partial charge < -0.3 is 9.47 Å². The molecule has 3 rings (SSSR count). The highest BCUT2D eigenvalue weighted by atomic mass is 19.1. The maximum absolute atomic E-state index is 13.0. The van der Waals surface area contributed by atoms with E-state index in [0.717, 1.165) is 29.5 Å². The lowest BCUT2D eigenvalue weighted by molar-refractivity contribution is -0.169. The van der Waals surface area contributed by atoms with Crippen molar-refractivity contribution in [3.8, 4) is 23.0 Å². The molecule has 1 aliphatic heterocycles. The van der Waals surface area contributed by atoms with Crippen LogP contribution in [0.5, 0.6) is 0 Å². The number of rotatable bonds is 4. The average molecular weight is 336 g/mol. The highest BCUT2D eigenvalue weighted by molar-refractivity contribution is 5.64. The van der Waals surface area contributed by atoms with Crippen molar-refractivity contribution in [2.24, 2.45) is 5.92 Å². The smallest absolute Gasteiger partial charge is 0.222 e. The van der Waals surface area contributed by atoms with E-state index in [0.29, 0.717) is 19.1 Å². The molecule has 0 spiro atoms. The van der Waals surface area contributed by atoms with Crippen LogP contribution in [0.1, 0.15) is 18.4 Å². The van der Waals surface area contributed by atoms with Crippen molar-refractivity contribution in [2.45, 2.75) is 19.1 Å². The van der Waals surface area contributed by atoms with Gasteiger partial charge in [-0.3, -0.25) is 0 Å². The fraction of sp³-hybridized carbons (Fsp3) is 0.273. The minimum absolute atomic E-state index is 0.231. The van der Waals surface area contributed by atoms with Crippen LogP contribution in [0.4, 0.5) is 4.39 Å². The van der Waals surface area contributed by atoms with Gasteiger partial charge in [0.2, 0.25) is 6.29 Å². The van der Waals surface area contributed by atoms with Gasteiger partial charge in [0.05, 0.1) is 13.2 Å². The SMILES string of the molecule is C=CCC[C@H]1CO[C@H](C#Cc2ccc(-c3ccc(F)cc3)cc2)OC1. The molecule has 128 valence electrons. The van der Waals surface area contributed by atoms with Crippen molar-refractivity contribution in [1.29, 1.82) is 0 Å². The molecule has 0 N–H and O–H groups in total. The zero-order valence-electron chi connectivity index (χ0n) is 14.1. The summed E-state index contributed by atoms with van der Waals surface area (Å²) >= 11 is 0. The van der Waals surface area contributed by atoms with Crippen LogP contribution in [-0.4, -0.2) is 19.5 Å². The second-order valence-corrected chi connectivity index (χ2v) is 6.08. The normalized spacial score (nSPS) is 19.7. The van der Waals surface area contributed by atoms with Gasteiger partial charge in [-0.1, -0.05) is 36.3 Å². The zero-order chi connectivity index (χ0) is 17.5. The van der Waals surface area contributed by atoms with Gasteiger partial charge in [0, 0.05) is 11.5 Å². The topological polar surface area (TPSA) is 18.5 Å². The molecule has 3 heteroatoms. The third-order valence-electron chi connectivity index (χ3n) is 4.14. The van der Waals surface area contributed by atoms with Crippen molar-refractivity contribution in [3.05, 3.63) is 72.6 Å². The fourth-order valence-electron chi connectivity index (χ4n) is 2.68. The molecule has 0 aromatic heterocycles. The van der Waals surface area contributed by atoms with E-state index < -0.39 is 6.29 Å². The van der Waals surface area contributed by atoms with Crippen LogP contribution in [0.25, 0.3) is 11.1 Å². The van der Waals surface area contributed by atoms with Crippen molar-refractivity contribution < 1.29 is 13.9 Å². The molecule has 25 heavy (non-hydrogen) atoms. The van der Waals surface area contributed by atoms with E-state index in [1.54, 1.807) is 12.1 Å². The molecular formula is C22H21FO2. The maximum Gasteiger partial charge on any atom is 0.222 e. The maximum atomic E-state index is 13.0. The lowest BCUT2D eigenvalue weighted by Gasteiger charge is -2.26. The Hall–Kier alpha value is -2.41. The van der Waals surface area contributed by atoms with Crippen molar-refractivity contribution >= 4 is 0 Å². The zero-order valence-corrected chi connectivity index (χ0v) is 14.1. The minimum atomic E-state index is -0.461. The molecule has 1 fully saturated rings. The number of allylic oxidation sites excluding steroid dienone is 1. The summed E-state index contributed by atoms with van der Waals surface area (Å²) in [5.41, 5.74) is 2.90. The van der Waals surface area contributed by atoms with Gasteiger partial charge in [-0.15, -0.1) is 6.58 Å². The Morgan fingerprint density at radius 2 is 1.60 bits per heavy atom. The molecule has 2 nitrogen and oxygen atoms in total. The van der Waals surface area contributed by atoms with Gasteiger partial charge in [-0.05, 0) is 54.2 Å². The standard InChI is InChI=1S/C22H21FO2/c1-2-3-4-18-15-24-22(25-16-18)14-7-17-5-8-19(9-6-17)20-10-12-21(23)13-11-20/h2,5-6,8-13,18,22H,1,3-4,15-16H2/t18-,22-. The van der Waals surface area contributed by atoms with E-state index in [1.165, 1.54) is 12.1 Å². The van der Waals surface area contributed by atoms with Crippen LogP contribution in [0.15, 0.2) is 61.2 Å². The van der Waals surface area contributed by atoms with Gasteiger partial charge in [0.15, 0.2) is 0 Å². The van der Waals surface area contributed by atoms with Crippen LogP contribution in [-0.2, 0) is 9.47 Å². The van der Waals surface area contributed by atoms with Crippen LogP contribution >= 0.6 is 0 Å². The summed E-state index contributed by atoms with van der Waals surface area (Å²) in [7, 11) is 0. The Bertz CT molecular complexity index is 745. The second kappa shape index (κ2) is 8.62. The molecule has 1 saturated heterocycles. The lowest BCUT2D eigenvalue weighted by atomic mass is 10.0. The predicted molar refractivity (Wildman–Crippen MR) is 97.3 cm³/mol. The summed E-state index contributed by atoms with van der Waals surface area (Å²) in [6.07, 6.45) is 3.47. The highest BCUT2D eigenvalue weighted by Gasteiger charge is 2.19. The summed E-state index contributed by atoms with van der Waals surface area (Å²) in [5, 5.41) is 0. The Kier molecular flexibility index (Phi) is 6.00. The van der Waals surface area contributed by atoms with Crippen LogP contribution in [0.3, 0.4) is 0 Å². The quantitative estimate of drug-likeness (QED) is 0.590. The summed E-state index contributed by atoms with van der Waals surface area (Å²) in [6, 6.07) is 14.3. The molecule has 2 aromatic rings. The van der Waals surface area contributed by atoms with Crippen LogP contribution < -0.4 is 0 Å². The summed E-state index contributed by atoms with van der Waals surface area (Å²) in [6.45, 7) is 5.09. The summed E-state index contributed by atoms with van der Waals surface area (Å²) < 4.78 is 24.3. The van der Waals surface area contributed by atoms with Gasteiger partial charge in [0.1, 0.15) is 5.82 Å². The number of hydrogen-bond donors (Lipinski definition) is 0. The van der Waals surface area contributed by atoms with Crippen LogP contribution in [0, 0.1) is 23.6 Å². The molecule has 0 atom stereocenters. The monoisotopic (exact) mass is 336 g/mol. The molecule has 0 amide bonds. The summed E-state index contributed by atoms with van der Waals surface area (Å²) in [4.78, 5) is 0. The summed E-state index contributed by atoms with van der Waals surface area (Å²) in [5.74, 6) is 6.29. The van der Waals surface area contributed by atoms with Crippen molar-refractivity contribution in [2.75, 3.05) is 13.2 Å².